The summed E-state index contributed by atoms with van der Waals surface area (Å²) in [4.78, 5) is 4.99. The Morgan fingerprint density at radius 2 is 2.10 bits per heavy atom. The highest BCUT2D eigenvalue weighted by Crippen LogP contribution is 2.28. The first kappa shape index (κ1) is 14.0. The molecular weight excluding hydrogens is 250 g/mol. The van der Waals surface area contributed by atoms with Gasteiger partial charge in [0.25, 0.3) is 0 Å². The van der Waals surface area contributed by atoms with Gasteiger partial charge >= 0.3 is 0 Å². The van der Waals surface area contributed by atoms with Gasteiger partial charge in [-0.25, -0.2) is 0 Å². The number of nitrogens with zero attached hydrogens (tertiary/aromatic N) is 2. The van der Waals surface area contributed by atoms with Crippen molar-refractivity contribution in [2.45, 2.75) is 12.6 Å². The monoisotopic (exact) mass is 275 g/mol. The van der Waals surface area contributed by atoms with E-state index in [2.05, 4.69) is 46.4 Å². The minimum atomic E-state index is 0.405. The predicted molar refractivity (Wildman–Crippen MR) is 80.8 cm³/mol. The number of benzene rings is 1. The van der Waals surface area contributed by atoms with Crippen LogP contribution in [0, 0.1) is 0 Å². The van der Waals surface area contributed by atoms with E-state index in [0.717, 1.165) is 39.4 Å². The molecule has 0 radical (unpaired) electrons. The maximum atomic E-state index is 5.76. The SMILES string of the molecule is CN(CCN1CCNCC1)C1COCc2ccccc21. The van der Waals surface area contributed by atoms with E-state index in [-0.39, 0.29) is 0 Å². The Morgan fingerprint density at radius 3 is 2.95 bits per heavy atom. The Bertz CT molecular complexity index is 431. The Labute approximate surface area is 121 Å². The molecule has 0 amide bonds. The third-order valence-electron chi connectivity index (χ3n) is 4.46. The van der Waals surface area contributed by atoms with E-state index in [9.17, 15) is 0 Å². The highest BCUT2D eigenvalue weighted by atomic mass is 16.5. The zero-order valence-electron chi connectivity index (χ0n) is 12.3. The number of ether oxygens (including phenoxy) is 1. The van der Waals surface area contributed by atoms with Gasteiger partial charge in [0.1, 0.15) is 0 Å². The quantitative estimate of drug-likeness (QED) is 0.890. The maximum absolute atomic E-state index is 5.76. The lowest BCUT2D eigenvalue weighted by Crippen LogP contribution is -2.46. The maximum Gasteiger partial charge on any atom is 0.0721 e. The molecule has 2 aliphatic rings. The summed E-state index contributed by atoms with van der Waals surface area (Å²) < 4.78 is 5.76. The zero-order chi connectivity index (χ0) is 13.8. The van der Waals surface area contributed by atoms with Crippen molar-refractivity contribution in [2.75, 3.05) is 52.9 Å². The summed E-state index contributed by atoms with van der Waals surface area (Å²) in [5.74, 6) is 0. The second-order valence-electron chi connectivity index (χ2n) is 5.80. The molecule has 0 spiro atoms. The first-order chi connectivity index (χ1) is 9.84. The molecule has 1 fully saturated rings. The average molecular weight is 275 g/mol. The lowest BCUT2D eigenvalue weighted by Gasteiger charge is -2.35. The lowest BCUT2D eigenvalue weighted by molar-refractivity contribution is 0.0382. The van der Waals surface area contributed by atoms with Gasteiger partial charge in [0.15, 0.2) is 0 Å². The first-order valence-corrected chi connectivity index (χ1v) is 7.63. The number of piperazine rings is 1. The number of hydrogen-bond acceptors (Lipinski definition) is 4. The van der Waals surface area contributed by atoms with E-state index in [4.69, 9.17) is 4.74 Å². The molecule has 1 aromatic carbocycles. The summed E-state index contributed by atoms with van der Waals surface area (Å²) in [5.41, 5.74) is 2.79. The number of likely N-dealkylation sites (N-methyl/N-ethyl adjacent to an activating group) is 1. The largest absolute Gasteiger partial charge is 0.375 e. The van der Waals surface area contributed by atoms with E-state index in [1.807, 2.05) is 0 Å². The van der Waals surface area contributed by atoms with Gasteiger partial charge in [0.05, 0.1) is 19.3 Å². The molecule has 0 aliphatic carbocycles. The van der Waals surface area contributed by atoms with Crippen LogP contribution in [0.3, 0.4) is 0 Å². The molecule has 4 heteroatoms. The molecule has 1 aromatic rings. The summed E-state index contributed by atoms with van der Waals surface area (Å²) in [7, 11) is 2.22. The van der Waals surface area contributed by atoms with E-state index in [1.54, 1.807) is 0 Å². The molecular formula is C16H25N3O. The van der Waals surface area contributed by atoms with E-state index in [1.165, 1.54) is 24.2 Å². The van der Waals surface area contributed by atoms with Crippen molar-refractivity contribution in [1.82, 2.24) is 15.1 Å². The van der Waals surface area contributed by atoms with Crippen LogP contribution in [0.25, 0.3) is 0 Å². The Kier molecular flexibility index (Phi) is 4.68. The molecule has 1 unspecified atom stereocenters. The molecule has 2 aliphatic heterocycles. The zero-order valence-corrected chi connectivity index (χ0v) is 12.3. The molecule has 1 atom stereocenters. The predicted octanol–water partition coefficient (Wildman–Crippen LogP) is 1.09. The number of hydrogen-bond donors (Lipinski definition) is 1. The van der Waals surface area contributed by atoms with Gasteiger partial charge in [0.2, 0.25) is 0 Å². The van der Waals surface area contributed by atoms with Crippen LogP contribution < -0.4 is 5.32 Å². The first-order valence-electron chi connectivity index (χ1n) is 7.63. The molecule has 4 nitrogen and oxygen atoms in total. The number of fused-ring (bicyclic) bond motifs is 1. The van der Waals surface area contributed by atoms with Gasteiger partial charge in [-0.1, -0.05) is 24.3 Å². The van der Waals surface area contributed by atoms with Crippen LogP contribution in [0.5, 0.6) is 0 Å². The minimum Gasteiger partial charge on any atom is -0.375 e. The molecule has 0 bridgehead atoms. The van der Waals surface area contributed by atoms with Crippen LogP contribution in [0.2, 0.25) is 0 Å². The topological polar surface area (TPSA) is 27.7 Å². The Hall–Kier alpha value is -0.940. The summed E-state index contributed by atoms with van der Waals surface area (Å²) in [6.07, 6.45) is 0. The summed E-state index contributed by atoms with van der Waals surface area (Å²) in [6, 6.07) is 9.09. The fourth-order valence-electron chi connectivity index (χ4n) is 3.12. The summed E-state index contributed by atoms with van der Waals surface area (Å²) in [5, 5.41) is 3.40. The van der Waals surface area contributed by atoms with Gasteiger partial charge in [-0.05, 0) is 18.2 Å². The summed E-state index contributed by atoms with van der Waals surface area (Å²) >= 11 is 0. The van der Waals surface area contributed by atoms with Gasteiger partial charge < -0.3 is 10.1 Å². The van der Waals surface area contributed by atoms with Gasteiger partial charge in [0, 0.05) is 39.3 Å². The summed E-state index contributed by atoms with van der Waals surface area (Å²) in [6.45, 7) is 8.42. The Morgan fingerprint density at radius 1 is 1.30 bits per heavy atom. The fourth-order valence-corrected chi connectivity index (χ4v) is 3.12. The highest BCUT2D eigenvalue weighted by Gasteiger charge is 2.24. The van der Waals surface area contributed by atoms with Gasteiger partial charge in [-0.2, -0.15) is 0 Å². The molecule has 1 saturated heterocycles. The normalized spacial score (nSPS) is 23.8. The number of nitrogens with one attached hydrogen (secondary N) is 1. The fraction of sp³-hybridized carbons (Fsp3) is 0.625. The van der Waals surface area contributed by atoms with Gasteiger partial charge in [-0.3, -0.25) is 9.80 Å². The second-order valence-corrected chi connectivity index (χ2v) is 5.80. The molecule has 20 heavy (non-hydrogen) atoms. The van der Waals surface area contributed by atoms with Crippen LogP contribution in [-0.2, 0) is 11.3 Å². The van der Waals surface area contributed by atoms with Crippen molar-refractivity contribution in [1.29, 1.82) is 0 Å². The number of rotatable bonds is 4. The molecule has 0 saturated carbocycles. The molecule has 3 rings (SSSR count). The molecule has 110 valence electrons. The standard InChI is InChI=1S/C16H25N3O/c1-18(10-11-19-8-6-17-7-9-19)16-13-20-12-14-4-2-3-5-15(14)16/h2-5,16-17H,6-13H2,1H3. The van der Waals surface area contributed by atoms with Gasteiger partial charge in [-0.15, -0.1) is 0 Å². The van der Waals surface area contributed by atoms with Crippen LogP contribution in [-0.4, -0.2) is 62.7 Å². The lowest BCUT2D eigenvalue weighted by atomic mass is 9.98. The van der Waals surface area contributed by atoms with Crippen LogP contribution in [0.4, 0.5) is 0 Å². The highest BCUT2D eigenvalue weighted by molar-refractivity contribution is 5.31. The molecule has 0 aromatic heterocycles. The van der Waals surface area contributed by atoms with Crippen molar-refractivity contribution < 1.29 is 4.74 Å². The minimum absolute atomic E-state index is 0.405. The van der Waals surface area contributed by atoms with Crippen molar-refractivity contribution in [2.24, 2.45) is 0 Å². The second kappa shape index (κ2) is 6.68. The Balaban J connectivity index is 1.58. The smallest absolute Gasteiger partial charge is 0.0721 e. The van der Waals surface area contributed by atoms with Crippen molar-refractivity contribution in [3.8, 4) is 0 Å². The van der Waals surface area contributed by atoms with Crippen LogP contribution in [0.1, 0.15) is 17.2 Å². The molecule has 1 N–H and O–H groups in total. The van der Waals surface area contributed by atoms with E-state index in [0.29, 0.717) is 6.04 Å². The molecule has 2 heterocycles. The van der Waals surface area contributed by atoms with E-state index < -0.39 is 0 Å². The van der Waals surface area contributed by atoms with E-state index >= 15 is 0 Å². The average Bonchev–Trinajstić information content (AvgIpc) is 2.53. The van der Waals surface area contributed by atoms with Crippen LogP contribution in [0.15, 0.2) is 24.3 Å². The van der Waals surface area contributed by atoms with Crippen molar-refractivity contribution in [3.63, 3.8) is 0 Å². The van der Waals surface area contributed by atoms with Crippen molar-refractivity contribution >= 4 is 0 Å². The van der Waals surface area contributed by atoms with Crippen LogP contribution >= 0.6 is 0 Å². The third-order valence-corrected chi connectivity index (χ3v) is 4.46. The third kappa shape index (κ3) is 3.20. The van der Waals surface area contributed by atoms with Crippen molar-refractivity contribution in [3.05, 3.63) is 35.4 Å².